The lowest BCUT2D eigenvalue weighted by Crippen LogP contribution is -2.47. The summed E-state index contributed by atoms with van der Waals surface area (Å²) in [5.41, 5.74) is 5.31. The average molecular weight is 605 g/mol. The van der Waals surface area contributed by atoms with Crippen molar-refractivity contribution in [3.8, 4) is 0 Å². The maximum atomic E-state index is 12.6. The first-order valence-corrected chi connectivity index (χ1v) is 17.5. The van der Waals surface area contributed by atoms with Gasteiger partial charge in [-0.25, -0.2) is 4.57 Å². The predicted octanol–water partition coefficient (Wildman–Crippen LogP) is 6.46. The number of aliphatic hydroxyl groups excluding tert-OH is 2. The Balaban J connectivity index is 4.60. The summed E-state index contributed by atoms with van der Waals surface area (Å²) < 4.78 is 21.8. The lowest BCUT2D eigenvalue weighted by atomic mass is 10.0. The average Bonchev–Trinajstić information content (AvgIpc) is 2.94. The number of nitrogens with two attached hydrogens (primary N) is 1. The smallest absolute Gasteiger partial charge is 0.391 e. The highest BCUT2D eigenvalue weighted by atomic mass is 31.2. The number of nitrogens with one attached hydrogen (secondary N) is 1. The van der Waals surface area contributed by atoms with Crippen LogP contribution in [0.4, 0.5) is 0 Å². The molecule has 0 aliphatic rings. The number of phosphoric acid groups is 1. The summed E-state index contributed by atoms with van der Waals surface area (Å²) in [5.74, 6) is -0.486. The van der Waals surface area contributed by atoms with Gasteiger partial charge in [0.1, 0.15) is 0 Å². The molecule has 0 aromatic rings. The minimum Gasteiger partial charge on any atom is -0.391 e. The minimum atomic E-state index is -4.37. The SMILES string of the molecule is CCCCCCCC/C=C\C/C=C\C(O)CC(=O)NC(COP(=O)(O)OCCN)C(O)CCCCCCCCCC. The number of carbonyl (C=O) groups is 1. The monoisotopic (exact) mass is 604 g/mol. The van der Waals surface area contributed by atoms with E-state index in [1.54, 1.807) is 6.08 Å². The summed E-state index contributed by atoms with van der Waals surface area (Å²) in [6, 6.07) is -0.921. The van der Waals surface area contributed by atoms with Crippen LogP contribution in [0, 0.1) is 0 Å². The Bertz CT molecular complexity index is 721. The number of aliphatic hydroxyl groups is 2. The molecule has 0 rings (SSSR count). The fraction of sp³-hybridized carbons (Fsp3) is 0.839. The van der Waals surface area contributed by atoms with Crippen LogP contribution < -0.4 is 11.1 Å². The van der Waals surface area contributed by atoms with Crippen molar-refractivity contribution >= 4 is 13.7 Å². The van der Waals surface area contributed by atoms with Crippen molar-refractivity contribution in [3.63, 3.8) is 0 Å². The first kappa shape index (κ1) is 39.9. The normalized spacial score (nSPS) is 15.8. The molecule has 0 aromatic heterocycles. The van der Waals surface area contributed by atoms with Crippen LogP contribution in [0.5, 0.6) is 0 Å². The minimum absolute atomic E-state index is 0.0511. The van der Waals surface area contributed by atoms with Crippen molar-refractivity contribution in [2.75, 3.05) is 19.8 Å². The van der Waals surface area contributed by atoms with E-state index in [1.807, 2.05) is 6.08 Å². The van der Waals surface area contributed by atoms with Gasteiger partial charge in [0.05, 0.1) is 37.9 Å². The first-order valence-electron chi connectivity index (χ1n) is 16.0. The lowest BCUT2D eigenvalue weighted by Gasteiger charge is -2.25. The second kappa shape index (κ2) is 27.8. The molecule has 0 spiro atoms. The summed E-state index contributed by atoms with van der Waals surface area (Å²) >= 11 is 0. The van der Waals surface area contributed by atoms with E-state index in [9.17, 15) is 24.5 Å². The number of hydrogen-bond donors (Lipinski definition) is 5. The molecule has 0 saturated carbocycles. The van der Waals surface area contributed by atoms with Crippen LogP contribution in [0.3, 0.4) is 0 Å². The standard InChI is InChI=1S/C31H61N2O7P/c1-3-5-7-9-11-13-14-15-16-18-20-22-28(34)26-31(36)33-29(27-40-41(37,38)39-25-24-32)30(35)23-21-19-17-12-10-8-6-4-2/h15-16,20,22,28-30,34-35H,3-14,17-19,21,23-27,32H2,1-2H3,(H,33,36)(H,37,38)/b16-15-,22-20-. The van der Waals surface area contributed by atoms with Crippen molar-refractivity contribution in [1.82, 2.24) is 5.32 Å². The van der Waals surface area contributed by atoms with Crippen LogP contribution in [0.25, 0.3) is 0 Å². The molecule has 0 aromatic carbocycles. The molecule has 41 heavy (non-hydrogen) atoms. The molecular weight excluding hydrogens is 543 g/mol. The van der Waals surface area contributed by atoms with Gasteiger partial charge >= 0.3 is 7.82 Å². The van der Waals surface area contributed by atoms with Gasteiger partial charge in [-0.1, -0.05) is 122 Å². The lowest BCUT2D eigenvalue weighted by molar-refractivity contribution is -0.124. The molecule has 10 heteroatoms. The van der Waals surface area contributed by atoms with Gasteiger partial charge in [0.2, 0.25) is 5.91 Å². The number of allylic oxidation sites excluding steroid dienone is 3. The summed E-state index contributed by atoms with van der Waals surface area (Å²) in [5, 5.41) is 23.7. The second-order valence-electron chi connectivity index (χ2n) is 10.9. The zero-order valence-corrected chi connectivity index (χ0v) is 26.8. The molecule has 6 N–H and O–H groups in total. The van der Waals surface area contributed by atoms with Crippen LogP contribution in [0.2, 0.25) is 0 Å². The van der Waals surface area contributed by atoms with Crippen molar-refractivity contribution in [3.05, 3.63) is 24.3 Å². The summed E-state index contributed by atoms with van der Waals surface area (Å²) in [7, 11) is -4.37. The summed E-state index contributed by atoms with van der Waals surface area (Å²) in [6.45, 7) is 3.90. The van der Waals surface area contributed by atoms with E-state index in [1.165, 1.54) is 64.2 Å². The van der Waals surface area contributed by atoms with Crippen LogP contribution in [0.1, 0.15) is 129 Å². The van der Waals surface area contributed by atoms with Crippen molar-refractivity contribution in [2.45, 2.75) is 148 Å². The highest BCUT2D eigenvalue weighted by molar-refractivity contribution is 7.47. The molecule has 4 unspecified atom stereocenters. The third-order valence-corrected chi connectivity index (χ3v) is 7.85. The van der Waals surface area contributed by atoms with Gasteiger partial charge in [-0.2, -0.15) is 0 Å². The maximum Gasteiger partial charge on any atom is 0.472 e. The fourth-order valence-electron chi connectivity index (χ4n) is 4.41. The Hall–Kier alpha value is -1.06. The van der Waals surface area contributed by atoms with E-state index in [0.717, 1.165) is 32.1 Å². The Morgan fingerprint density at radius 2 is 1.44 bits per heavy atom. The highest BCUT2D eigenvalue weighted by Crippen LogP contribution is 2.43. The fourth-order valence-corrected chi connectivity index (χ4v) is 5.17. The Labute approximate surface area is 250 Å². The van der Waals surface area contributed by atoms with E-state index < -0.39 is 38.6 Å². The molecule has 0 fully saturated rings. The molecule has 0 bridgehead atoms. The van der Waals surface area contributed by atoms with E-state index in [4.69, 9.17) is 14.8 Å². The Morgan fingerprint density at radius 3 is 2.05 bits per heavy atom. The maximum absolute atomic E-state index is 12.6. The van der Waals surface area contributed by atoms with Crippen LogP contribution in [0.15, 0.2) is 24.3 Å². The van der Waals surface area contributed by atoms with Crippen molar-refractivity contribution < 1.29 is 33.5 Å². The molecule has 0 saturated heterocycles. The zero-order chi connectivity index (χ0) is 30.6. The molecule has 9 nitrogen and oxygen atoms in total. The van der Waals surface area contributed by atoms with Gasteiger partial charge in [0, 0.05) is 6.54 Å². The Morgan fingerprint density at radius 1 is 0.854 bits per heavy atom. The van der Waals surface area contributed by atoms with Crippen molar-refractivity contribution in [1.29, 1.82) is 0 Å². The molecule has 0 aliphatic heterocycles. The van der Waals surface area contributed by atoms with E-state index in [0.29, 0.717) is 12.8 Å². The first-order chi connectivity index (χ1) is 19.8. The number of carbonyl (C=O) groups excluding carboxylic acids is 1. The van der Waals surface area contributed by atoms with Gasteiger partial charge < -0.3 is 26.2 Å². The van der Waals surface area contributed by atoms with Crippen LogP contribution >= 0.6 is 7.82 Å². The third kappa shape index (κ3) is 26.3. The third-order valence-electron chi connectivity index (χ3n) is 6.87. The van der Waals surface area contributed by atoms with Gasteiger partial charge in [-0.15, -0.1) is 0 Å². The number of hydrogen-bond acceptors (Lipinski definition) is 7. The number of phosphoric ester groups is 1. The van der Waals surface area contributed by atoms with Crippen molar-refractivity contribution in [2.24, 2.45) is 5.73 Å². The van der Waals surface area contributed by atoms with Crippen LogP contribution in [-0.4, -0.2) is 59.0 Å². The van der Waals surface area contributed by atoms with Gasteiger partial charge in [0.25, 0.3) is 0 Å². The van der Waals surface area contributed by atoms with Gasteiger partial charge in [-0.3, -0.25) is 13.8 Å². The summed E-state index contributed by atoms with van der Waals surface area (Å²) in [6.07, 6.45) is 24.1. The Kier molecular flexibility index (Phi) is 27.0. The molecule has 1 amide bonds. The van der Waals surface area contributed by atoms with E-state index >= 15 is 0 Å². The second-order valence-corrected chi connectivity index (χ2v) is 12.3. The van der Waals surface area contributed by atoms with E-state index in [-0.39, 0.29) is 19.6 Å². The quantitative estimate of drug-likeness (QED) is 0.0371. The molecule has 242 valence electrons. The molecule has 0 radical (unpaired) electrons. The highest BCUT2D eigenvalue weighted by Gasteiger charge is 2.28. The van der Waals surface area contributed by atoms with Crippen LogP contribution in [-0.2, 0) is 18.4 Å². The topological polar surface area (TPSA) is 151 Å². The van der Waals surface area contributed by atoms with Gasteiger partial charge in [0.15, 0.2) is 0 Å². The molecule has 4 atom stereocenters. The number of amides is 1. The predicted molar refractivity (Wildman–Crippen MR) is 167 cm³/mol. The molecule has 0 heterocycles. The largest absolute Gasteiger partial charge is 0.472 e. The summed E-state index contributed by atoms with van der Waals surface area (Å²) in [4.78, 5) is 22.4. The molecule has 0 aliphatic carbocycles. The van der Waals surface area contributed by atoms with E-state index in [2.05, 4.69) is 31.3 Å². The molecular formula is C31H61N2O7P. The van der Waals surface area contributed by atoms with Gasteiger partial charge in [-0.05, 0) is 25.7 Å². The zero-order valence-electron chi connectivity index (χ0n) is 25.9. The number of rotatable bonds is 29. The number of unbranched alkanes of at least 4 members (excludes halogenated alkanes) is 13.